The van der Waals surface area contributed by atoms with E-state index in [-0.39, 0.29) is 5.91 Å². The molecule has 0 bridgehead atoms. The van der Waals surface area contributed by atoms with Crippen molar-refractivity contribution < 1.29 is 13.2 Å². The van der Waals surface area contributed by atoms with Crippen molar-refractivity contribution in [3.8, 4) is 0 Å². The Morgan fingerprint density at radius 3 is 2.36 bits per heavy atom. The molecule has 138 valence electrons. The van der Waals surface area contributed by atoms with Gasteiger partial charge < -0.3 is 4.90 Å². The van der Waals surface area contributed by atoms with Gasteiger partial charge in [-0.05, 0) is 31.4 Å². The van der Waals surface area contributed by atoms with Gasteiger partial charge in [-0.15, -0.1) is 0 Å². The first-order chi connectivity index (χ1) is 12.0. The zero-order chi connectivity index (χ0) is 17.9. The molecule has 2 aliphatic rings. The predicted octanol–water partition coefficient (Wildman–Crippen LogP) is 1.13. The molecule has 0 aromatic carbocycles. The number of aromatic nitrogens is 1. The normalized spacial score (nSPS) is 20.1. The van der Waals surface area contributed by atoms with Crippen LogP contribution in [0.4, 0.5) is 0 Å². The molecule has 3 heterocycles. The van der Waals surface area contributed by atoms with E-state index >= 15 is 0 Å². The van der Waals surface area contributed by atoms with Crippen molar-refractivity contribution in [1.29, 1.82) is 0 Å². The molecule has 0 saturated carbocycles. The van der Waals surface area contributed by atoms with Gasteiger partial charge in [0.2, 0.25) is 0 Å². The van der Waals surface area contributed by atoms with Gasteiger partial charge in [-0.2, -0.15) is 17.0 Å². The van der Waals surface area contributed by atoms with Crippen LogP contribution in [0.15, 0.2) is 18.3 Å². The monoisotopic (exact) mass is 366 g/mol. The number of hydrogen-bond acceptors (Lipinski definition) is 4. The zero-order valence-electron chi connectivity index (χ0n) is 14.7. The predicted molar refractivity (Wildman–Crippen MR) is 95.4 cm³/mol. The number of rotatable bonds is 5. The fourth-order valence-electron chi connectivity index (χ4n) is 3.39. The number of carbonyl (C=O) groups is 1. The zero-order valence-corrected chi connectivity index (χ0v) is 15.5. The minimum Gasteiger partial charge on any atom is -0.336 e. The molecule has 7 nitrogen and oxygen atoms in total. The molecule has 2 fully saturated rings. The van der Waals surface area contributed by atoms with Crippen LogP contribution in [-0.4, -0.2) is 72.1 Å². The number of carbonyl (C=O) groups excluding carboxylic acids is 1. The van der Waals surface area contributed by atoms with Crippen LogP contribution >= 0.6 is 0 Å². The van der Waals surface area contributed by atoms with Crippen LogP contribution in [0.2, 0.25) is 0 Å². The summed E-state index contributed by atoms with van der Waals surface area (Å²) in [4.78, 5) is 18.7. The number of piperazine rings is 1. The smallest absolute Gasteiger partial charge is 0.282 e. The van der Waals surface area contributed by atoms with E-state index in [2.05, 4.69) is 11.9 Å². The van der Waals surface area contributed by atoms with E-state index in [1.165, 1.54) is 4.31 Å². The highest BCUT2D eigenvalue weighted by molar-refractivity contribution is 7.86. The largest absolute Gasteiger partial charge is 0.336 e. The number of amides is 1. The third-order valence-corrected chi connectivity index (χ3v) is 6.85. The van der Waals surface area contributed by atoms with Crippen LogP contribution in [0.5, 0.6) is 0 Å². The molecule has 1 aromatic heterocycles. The first-order valence-corrected chi connectivity index (χ1v) is 10.4. The molecule has 25 heavy (non-hydrogen) atoms. The van der Waals surface area contributed by atoms with Gasteiger partial charge in [0.05, 0.1) is 0 Å². The van der Waals surface area contributed by atoms with E-state index in [0.717, 1.165) is 31.4 Å². The summed E-state index contributed by atoms with van der Waals surface area (Å²) in [6, 6.07) is 3.58. The Morgan fingerprint density at radius 1 is 1.08 bits per heavy atom. The lowest BCUT2D eigenvalue weighted by atomic mass is 10.1. The Labute approximate surface area is 149 Å². The van der Waals surface area contributed by atoms with Gasteiger partial charge in [-0.3, -0.25) is 9.78 Å². The van der Waals surface area contributed by atoms with Gasteiger partial charge in [-0.25, -0.2) is 0 Å². The highest BCUT2D eigenvalue weighted by Crippen LogP contribution is 2.19. The van der Waals surface area contributed by atoms with Crippen molar-refractivity contribution in [2.45, 2.75) is 32.6 Å². The van der Waals surface area contributed by atoms with Crippen LogP contribution in [0.25, 0.3) is 0 Å². The van der Waals surface area contributed by atoms with Crippen LogP contribution < -0.4 is 0 Å². The number of aryl methyl sites for hydroxylation is 1. The summed E-state index contributed by atoms with van der Waals surface area (Å²) in [6.07, 6.45) is 5.37. The van der Waals surface area contributed by atoms with Crippen molar-refractivity contribution >= 4 is 16.1 Å². The summed E-state index contributed by atoms with van der Waals surface area (Å²) in [7, 11) is -3.37. The quantitative estimate of drug-likeness (QED) is 0.783. The number of nitrogens with zero attached hydrogens (tertiary/aromatic N) is 4. The number of pyridine rings is 1. The standard InChI is InChI=1S/C17H26N4O3S/c1-2-5-16-14-15(6-7-18-16)17(22)19-10-12-21(13-11-19)25(23,24)20-8-3-4-9-20/h6-7,14H,2-5,8-13H2,1H3. The maximum Gasteiger partial charge on any atom is 0.282 e. The highest BCUT2D eigenvalue weighted by atomic mass is 32.2. The number of hydrogen-bond donors (Lipinski definition) is 0. The lowest BCUT2D eigenvalue weighted by Crippen LogP contribution is -2.53. The Bertz CT molecular complexity index is 708. The summed E-state index contributed by atoms with van der Waals surface area (Å²) in [5, 5.41) is 0. The van der Waals surface area contributed by atoms with E-state index in [1.54, 1.807) is 21.5 Å². The SMILES string of the molecule is CCCc1cc(C(=O)N2CCN(S(=O)(=O)N3CCCC3)CC2)ccn1. The second-order valence-corrected chi connectivity index (χ2v) is 8.52. The Morgan fingerprint density at radius 2 is 1.72 bits per heavy atom. The van der Waals surface area contributed by atoms with Crippen molar-refractivity contribution in [3.63, 3.8) is 0 Å². The van der Waals surface area contributed by atoms with Gasteiger partial charge in [-0.1, -0.05) is 13.3 Å². The van der Waals surface area contributed by atoms with Gasteiger partial charge in [0.1, 0.15) is 0 Å². The first-order valence-electron chi connectivity index (χ1n) is 9.02. The van der Waals surface area contributed by atoms with Gasteiger partial charge in [0, 0.05) is 56.7 Å². The van der Waals surface area contributed by atoms with Gasteiger partial charge in [0.15, 0.2) is 0 Å². The minimum absolute atomic E-state index is 0.0435. The molecule has 0 aliphatic carbocycles. The fourth-order valence-corrected chi connectivity index (χ4v) is 5.06. The first kappa shape index (κ1) is 18.3. The van der Waals surface area contributed by atoms with Crippen LogP contribution in [-0.2, 0) is 16.6 Å². The summed E-state index contributed by atoms with van der Waals surface area (Å²) >= 11 is 0. The van der Waals surface area contributed by atoms with Crippen LogP contribution in [0, 0.1) is 0 Å². The van der Waals surface area contributed by atoms with Crippen LogP contribution in [0.1, 0.15) is 42.2 Å². The molecular formula is C17H26N4O3S. The third-order valence-electron chi connectivity index (χ3n) is 4.81. The van der Waals surface area contributed by atoms with E-state index in [9.17, 15) is 13.2 Å². The summed E-state index contributed by atoms with van der Waals surface area (Å²) in [6.45, 7) is 4.87. The van der Waals surface area contributed by atoms with E-state index in [1.807, 2.05) is 6.07 Å². The molecule has 2 saturated heterocycles. The second kappa shape index (κ2) is 7.80. The van der Waals surface area contributed by atoms with Crippen LogP contribution in [0.3, 0.4) is 0 Å². The van der Waals surface area contributed by atoms with Crippen molar-refractivity contribution in [1.82, 2.24) is 18.5 Å². The molecular weight excluding hydrogens is 340 g/mol. The lowest BCUT2D eigenvalue weighted by molar-refractivity contribution is 0.0694. The second-order valence-electron chi connectivity index (χ2n) is 6.59. The summed E-state index contributed by atoms with van der Waals surface area (Å²) in [5.41, 5.74) is 1.55. The van der Waals surface area contributed by atoms with Gasteiger partial charge >= 0.3 is 0 Å². The molecule has 0 spiro atoms. The van der Waals surface area contributed by atoms with Crippen molar-refractivity contribution in [2.75, 3.05) is 39.3 Å². The Balaban J connectivity index is 1.62. The van der Waals surface area contributed by atoms with Crippen molar-refractivity contribution in [2.24, 2.45) is 0 Å². The Hall–Kier alpha value is -1.51. The average molecular weight is 366 g/mol. The van der Waals surface area contributed by atoms with Crippen molar-refractivity contribution in [3.05, 3.63) is 29.6 Å². The molecule has 1 aromatic rings. The minimum atomic E-state index is -3.37. The van der Waals surface area contributed by atoms with E-state index < -0.39 is 10.2 Å². The fraction of sp³-hybridized carbons (Fsp3) is 0.647. The Kier molecular flexibility index (Phi) is 5.71. The summed E-state index contributed by atoms with van der Waals surface area (Å²) < 4.78 is 28.3. The van der Waals surface area contributed by atoms with E-state index in [4.69, 9.17) is 0 Å². The summed E-state index contributed by atoms with van der Waals surface area (Å²) in [5.74, 6) is -0.0435. The average Bonchev–Trinajstić information content (AvgIpc) is 3.17. The maximum atomic E-state index is 12.7. The van der Waals surface area contributed by atoms with E-state index in [0.29, 0.717) is 44.8 Å². The molecule has 0 unspecified atom stereocenters. The highest BCUT2D eigenvalue weighted by Gasteiger charge is 2.34. The lowest BCUT2D eigenvalue weighted by Gasteiger charge is -2.35. The topological polar surface area (TPSA) is 73.8 Å². The molecule has 0 atom stereocenters. The third kappa shape index (κ3) is 4.02. The van der Waals surface area contributed by atoms with Gasteiger partial charge in [0.25, 0.3) is 16.1 Å². The molecule has 2 aliphatic heterocycles. The molecule has 0 radical (unpaired) electrons. The molecule has 8 heteroatoms. The maximum absolute atomic E-state index is 12.7. The molecule has 1 amide bonds. The molecule has 0 N–H and O–H groups in total. The molecule has 3 rings (SSSR count).